The first-order valence-corrected chi connectivity index (χ1v) is 13.2. The molecule has 0 amide bonds. The fourth-order valence-electron chi connectivity index (χ4n) is 4.57. The van der Waals surface area contributed by atoms with Crippen LogP contribution in [0.25, 0.3) is 27.0 Å². The zero-order chi connectivity index (χ0) is 28.6. The first kappa shape index (κ1) is 27.4. The number of aryl methyl sites for hydroxylation is 1. The number of halogens is 3. The summed E-state index contributed by atoms with van der Waals surface area (Å²) in [6, 6.07) is 10.4. The van der Waals surface area contributed by atoms with Gasteiger partial charge in [-0.2, -0.15) is 17.5 Å². The average molecular weight is 572 g/mol. The van der Waals surface area contributed by atoms with Crippen LogP contribution in [0.4, 0.5) is 13.2 Å². The Bertz CT molecular complexity index is 1750. The molecule has 208 valence electrons. The van der Waals surface area contributed by atoms with Crippen LogP contribution in [0, 0.1) is 6.92 Å². The summed E-state index contributed by atoms with van der Waals surface area (Å²) in [5.74, 6) is -0.132. The van der Waals surface area contributed by atoms with E-state index in [1.54, 1.807) is 12.1 Å². The molecule has 0 saturated carbocycles. The van der Waals surface area contributed by atoms with E-state index in [1.165, 1.54) is 23.7 Å². The molecule has 12 heteroatoms. The van der Waals surface area contributed by atoms with Gasteiger partial charge in [-0.05, 0) is 74.1 Å². The van der Waals surface area contributed by atoms with Crippen molar-refractivity contribution in [3.8, 4) is 22.7 Å². The van der Waals surface area contributed by atoms with Crippen LogP contribution in [0.3, 0.4) is 0 Å². The van der Waals surface area contributed by atoms with Crippen LogP contribution in [-0.4, -0.2) is 32.2 Å². The van der Waals surface area contributed by atoms with Gasteiger partial charge in [0.15, 0.2) is 6.61 Å². The highest BCUT2D eigenvalue weighted by Crippen LogP contribution is 2.38. The number of carbonyl (C=O) groups excluding carboxylic acids is 1. The first-order valence-electron chi connectivity index (χ1n) is 12.4. The molecule has 0 spiro atoms. The largest absolute Gasteiger partial charge is 0.481 e. The van der Waals surface area contributed by atoms with Crippen molar-refractivity contribution in [2.75, 3.05) is 6.61 Å². The van der Waals surface area contributed by atoms with Gasteiger partial charge in [-0.1, -0.05) is 17.7 Å². The van der Waals surface area contributed by atoms with E-state index in [-0.39, 0.29) is 18.4 Å². The van der Waals surface area contributed by atoms with Crippen molar-refractivity contribution in [3.63, 3.8) is 0 Å². The van der Waals surface area contributed by atoms with Gasteiger partial charge in [-0.3, -0.25) is 9.36 Å². The lowest BCUT2D eigenvalue weighted by Crippen LogP contribution is -2.40. The number of aromatic nitrogens is 3. The SMILES string of the molecule is Cc1ccc(OCC(=O)OC2C=CCCC2)c(-c2nsc3ccc(-n4c(=O)cc(C(F)(F)F)n(C)c4=O)cc23)c1. The summed E-state index contributed by atoms with van der Waals surface area (Å²) in [5, 5.41) is 0.557. The first-order chi connectivity index (χ1) is 19.0. The molecule has 0 radical (unpaired) electrons. The molecule has 0 aliphatic heterocycles. The van der Waals surface area contributed by atoms with E-state index in [0.717, 1.165) is 31.9 Å². The summed E-state index contributed by atoms with van der Waals surface area (Å²) in [7, 11) is 0.961. The molecule has 2 aromatic carbocycles. The van der Waals surface area contributed by atoms with E-state index in [1.807, 2.05) is 31.2 Å². The molecule has 5 rings (SSSR count). The zero-order valence-electron chi connectivity index (χ0n) is 21.5. The number of esters is 1. The third-order valence-corrected chi connectivity index (χ3v) is 7.38. The van der Waals surface area contributed by atoms with Gasteiger partial charge in [0, 0.05) is 24.1 Å². The lowest BCUT2D eigenvalue weighted by atomic mass is 10.0. The van der Waals surface area contributed by atoms with Gasteiger partial charge in [0.2, 0.25) is 0 Å². The Morgan fingerprint density at radius 1 is 1.15 bits per heavy atom. The van der Waals surface area contributed by atoms with Crippen LogP contribution in [0.5, 0.6) is 5.75 Å². The monoisotopic (exact) mass is 571 g/mol. The van der Waals surface area contributed by atoms with Gasteiger partial charge < -0.3 is 9.47 Å². The van der Waals surface area contributed by atoms with E-state index >= 15 is 0 Å². The molecule has 0 fully saturated rings. The fraction of sp³-hybridized carbons (Fsp3) is 0.286. The Kier molecular flexibility index (Phi) is 7.37. The molecule has 2 aromatic heterocycles. The van der Waals surface area contributed by atoms with E-state index < -0.39 is 29.1 Å². The molecule has 0 saturated heterocycles. The van der Waals surface area contributed by atoms with Crippen LogP contribution in [0.2, 0.25) is 0 Å². The van der Waals surface area contributed by atoms with Crippen LogP contribution >= 0.6 is 11.5 Å². The molecule has 1 unspecified atom stereocenters. The third kappa shape index (κ3) is 5.44. The number of carbonyl (C=O) groups is 1. The summed E-state index contributed by atoms with van der Waals surface area (Å²) in [6.07, 6.45) is 1.38. The predicted octanol–water partition coefficient (Wildman–Crippen LogP) is 5.17. The number of allylic oxidation sites excluding steroid dienone is 1. The lowest BCUT2D eigenvalue weighted by Gasteiger charge is -2.17. The van der Waals surface area contributed by atoms with Crippen molar-refractivity contribution in [2.24, 2.45) is 7.05 Å². The second-order valence-corrected chi connectivity index (χ2v) is 10.2. The molecule has 4 aromatic rings. The number of ether oxygens (including phenoxy) is 2. The Labute approximate surface area is 230 Å². The summed E-state index contributed by atoms with van der Waals surface area (Å²) in [5.41, 5.74) is -1.55. The van der Waals surface area contributed by atoms with Crippen molar-refractivity contribution < 1.29 is 27.4 Å². The third-order valence-electron chi connectivity index (χ3n) is 6.55. The second-order valence-electron chi connectivity index (χ2n) is 9.43. The van der Waals surface area contributed by atoms with Crippen LogP contribution in [0.15, 0.2) is 64.2 Å². The van der Waals surface area contributed by atoms with Crippen molar-refractivity contribution >= 4 is 27.6 Å². The van der Waals surface area contributed by atoms with E-state index in [2.05, 4.69) is 4.37 Å². The van der Waals surface area contributed by atoms with Crippen molar-refractivity contribution in [1.82, 2.24) is 13.5 Å². The molecule has 1 atom stereocenters. The van der Waals surface area contributed by atoms with Crippen LogP contribution in [-0.2, 0) is 22.8 Å². The number of alkyl halides is 3. The normalized spacial score (nSPS) is 15.4. The van der Waals surface area contributed by atoms with Crippen LogP contribution < -0.4 is 16.0 Å². The Hall–Kier alpha value is -4.19. The highest BCUT2D eigenvalue weighted by atomic mass is 32.1. The van der Waals surface area contributed by atoms with E-state index in [0.29, 0.717) is 42.3 Å². The minimum Gasteiger partial charge on any atom is -0.481 e. The molecular formula is C28H24F3N3O5S. The molecular weight excluding hydrogens is 547 g/mol. The second kappa shape index (κ2) is 10.8. The summed E-state index contributed by atoms with van der Waals surface area (Å²) >= 11 is 1.17. The lowest BCUT2D eigenvalue weighted by molar-refractivity contribution is -0.149. The number of benzene rings is 2. The number of nitrogens with zero attached hydrogens (tertiary/aromatic N) is 3. The number of hydrogen-bond acceptors (Lipinski definition) is 7. The number of fused-ring (bicyclic) bond motifs is 1. The Morgan fingerprint density at radius 2 is 1.95 bits per heavy atom. The van der Waals surface area contributed by atoms with Gasteiger partial charge in [0.1, 0.15) is 17.5 Å². The van der Waals surface area contributed by atoms with Gasteiger partial charge in [-0.25, -0.2) is 14.2 Å². The van der Waals surface area contributed by atoms with Gasteiger partial charge in [-0.15, -0.1) is 0 Å². The van der Waals surface area contributed by atoms with Gasteiger partial charge in [0.25, 0.3) is 5.56 Å². The summed E-state index contributed by atoms with van der Waals surface area (Å²) in [6.45, 7) is 1.56. The highest BCUT2D eigenvalue weighted by Gasteiger charge is 2.35. The number of rotatable bonds is 6. The maximum absolute atomic E-state index is 13.3. The van der Waals surface area contributed by atoms with Crippen LogP contribution in [0.1, 0.15) is 30.5 Å². The summed E-state index contributed by atoms with van der Waals surface area (Å²) < 4.78 is 57.5. The van der Waals surface area contributed by atoms with Crippen molar-refractivity contribution in [1.29, 1.82) is 0 Å². The maximum atomic E-state index is 13.3. The topological polar surface area (TPSA) is 92.4 Å². The van der Waals surface area contributed by atoms with Gasteiger partial charge >= 0.3 is 17.8 Å². The van der Waals surface area contributed by atoms with E-state index in [4.69, 9.17) is 9.47 Å². The molecule has 1 aliphatic rings. The molecule has 1 aliphatic carbocycles. The average Bonchev–Trinajstić information content (AvgIpc) is 3.33. The molecule has 8 nitrogen and oxygen atoms in total. The highest BCUT2D eigenvalue weighted by molar-refractivity contribution is 7.13. The van der Waals surface area contributed by atoms with Crippen molar-refractivity contribution in [3.05, 3.63) is 86.7 Å². The number of hydrogen-bond donors (Lipinski definition) is 0. The smallest absolute Gasteiger partial charge is 0.431 e. The van der Waals surface area contributed by atoms with Gasteiger partial charge in [0.05, 0.1) is 16.1 Å². The Balaban J connectivity index is 1.51. The minimum atomic E-state index is -4.86. The molecule has 2 heterocycles. The fourth-order valence-corrected chi connectivity index (χ4v) is 5.34. The van der Waals surface area contributed by atoms with E-state index in [9.17, 15) is 27.6 Å². The molecule has 0 bridgehead atoms. The Morgan fingerprint density at radius 3 is 2.67 bits per heavy atom. The molecule has 0 N–H and O–H groups in total. The minimum absolute atomic E-state index is 0.0903. The molecule has 40 heavy (non-hydrogen) atoms. The standard InChI is InChI=1S/C28H24F3N3O5S/c1-16-8-10-21(38-15-25(36)39-18-6-4-3-5-7-18)19(12-16)26-20-13-17(9-11-22(20)40-32-26)34-24(35)14-23(28(29,30)31)33(2)27(34)37/h4,6,8-14,18H,3,5,7,15H2,1-2H3. The zero-order valence-corrected chi connectivity index (χ0v) is 22.3. The predicted molar refractivity (Wildman–Crippen MR) is 144 cm³/mol. The maximum Gasteiger partial charge on any atom is 0.431 e. The summed E-state index contributed by atoms with van der Waals surface area (Å²) in [4.78, 5) is 37.9. The van der Waals surface area contributed by atoms with Crippen molar-refractivity contribution in [2.45, 2.75) is 38.5 Å². The quantitative estimate of drug-likeness (QED) is 0.234.